The summed E-state index contributed by atoms with van der Waals surface area (Å²) in [6, 6.07) is 15.8. The summed E-state index contributed by atoms with van der Waals surface area (Å²) in [6.07, 6.45) is 3.83. The Bertz CT molecular complexity index is 1180. The maximum absolute atomic E-state index is 12.5. The largest absolute Gasteiger partial charge is 0.317 e. The second-order valence-electron chi connectivity index (χ2n) is 6.99. The van der Waals surface area contributed by atoms with Crippen molar-refractivity contribution >= 4 is 46.2 Å². The zero-order chi connectivity index (χ0) is 20.5. The smallest absolute Gasteiger partial charge is 0.264 e. The third-order valence-electron chi connectivity index (χ3n) is 4.86. The number of thioether (sulfide) groups is 1. The number of amides is 1. The van der Waals surface area contributed by atoms with Gasteiger partial charge in [0, 0.05) is 22.6 Å². The van der Waals surface area contributed by atoms with Crippen LogP contribution in [-0.2, 0) is 4.79 Å². The van der Waals surface area contributed by atoms with Crippen molar-refractivity contribution in [2.45, 2.75) is 20.8 Å². The molecule has 0 aliphatic carbocycles. The molecule has 2 heterocycles. The number of rotatable bonds is 3. The van der Waals surface area contributed by atoms with Crippen LogP contribution in [0.25, 0.3) is 11.8 Å². The van der Waals surface area contributed by atoms with E-state index >= 15 is 0 Å². The van der Waals surface area contributed by atoms with E-state index in [2.05, 4.69) is 24.2 Å². The number of benzene rings is 2. The van der Waals surface area contributed by atoms with Gasteiger partial charge in [-0.2, -0.15) is 0 Å². The van der Waals surface area contributed by atoms with Gasteiger partial charge in [-0.05, 0) is 91.7 Å². The molecule has 1 aliphatic heterocycles. The number of aliphatic imine (C=N–C) groups is 1. The van der Waals surface area contributed by atoms with Crippen LogP contribution in [0.3, 0.4) is 0 Å². The van der Waals surface area contributed by atoms with E-state index < -0.39 is 0 Å². The number of halogens is 1. The van der Waals surface area contributed by atoms with E-state index in [4.69, 9.17) is 11.6 Å². The number of carbonyl (C=O) groups excluding carboxylic acids is 1. The Hall–Kier alpha value is -2.76. The Labute approximate surface area is 179 Å². The molecular weight excluding hydrogens is 402 g/mol. The number of hydrogen-bond donors (Lipinski definition) is 1. The molecule has 1 fully saturated rings. The monoisotopic (exact) mass is 421 g/mol. The van der Waals surface area contributed by atoms with E-state index in [1.54, 1.807) is 0 Å². The van der Waals surface area contributed by atoms with Gasteiger partial charge in [0.1, 0.15) is 0 Å². The van der Waals surface area contributed by atoms with E-state index in [0.29, 0.717) is 15.1 Å². The number of aryl methyl sites for hydroxylation is 3. The summed E-state index contributed by atoms with van der Waals surface area (Å²) < 4.78 is 2.00. The Morgan fingerprint density at radius 1 is 1.03 bits per heavy atom. The predicted molar refractivity (Wildman–Crippen MR) is 122 cm³/mol. The Morgan fingerprint density at radius 2 is 1.83 bits per heavy atom. The van der Waals surface area contributed by atoms with Gasteiger partial charge in [0.05, 0.1) is 10.6 Å². The van der Waals surface area contributed by atoms with Gasteiger partial charge in [-0.3, -0.25) is 4.79 Å². The van der Waals surface area contributed by atoms with E-state index in [1.807, 2.05) is 72.3 Å². The fourth-order valence-electron chi connectivity index (χ4n) is 3.01. The Balaban J connectivity index is 1.62. The first kappa shape index (κ1) is 19.6. The lowest BCUT2D eigenvalue weighted by Crippen LogP contribution is -2.19. The first-order chi connectivity index (χ1) is 13.9. The summed E-state index contributed by atoms with van der Waals surface area (Å²) in [5.74, 6) is -0.146. The molecule has 0 spiro atoms. The van der Waals surface area contributed by atoms with Crippen LogP contribution in [0.2, 0.25) is 5.02 Å². The second-order valence-corrected chi connectivity index (χ2v) is 8.42. The number of aromatic nitrogens is 1. The van der Waals surface area contributed by atoms with Crippen molar-refractivity contribution < 1.29 is 4.79 Å². The van der Waals surface area contributed by atoms with Crippen LogP contribution in [0, 0.1) is 20.8 Å². The maximum atomic E-state index is 12.5. The van der Waals surface area contributed by atoms with Crippen LogP contribution >= 0.6 is 23.4 Å². The highest BCUT2D eigenvalue weighted by Gasteiger charge is 2.24. The van der Waals surface area contributed by atoms with Gasteiger partial charge in [-0.15, -0.1) is 0 Å². The lowest BCUT2D eigenvalue weighted by molar-refractivity contribution is -0.115. The fraction of sp³-hybridized carbons (Fsp3) is 0.130. The van der Waals surface area contributed by atoms with Gasteiger partial charge >= 0.3 is 0 Å². The van der Waals surface area contributed by atoms with Gasteiger partial charge in [0.15, 0.2) is 5.17 Å². The summed E-state index contributed by atoms with van der Waals surface area (Å²) >= 11 is 7.62. The van der Waals surface area contributed by atoms with E-state index in [0.717, 1.165) is 22.6 Å². The van der Waals surface area contributed by atoms with Crippen molar-refractivity contribution in [2.75, 3.05) is 0 Å². The number of hydrogen-bond acceptors (Lipinski definition) is 3. The Kier molecular flexibility index (Phi) is 5.35. The van der Waals surface area contributed by atoms with Gasteiger partial charge in [-0.25, -0.2) is 4.99 Å². The van der Waals surface area contributed by atoms with Crippen LogP contribution < -0.4 is 5.32 Å². The number of amidine groups is 1. The molecule has 2 aromatic carbocycles. The SMILES string of the molecule is Cc1ccc(N=C2NC(=O)/C(=C/c3cccn3-c3ccc(C)c(Cl)c3)S2)cc1C. The molecule has 1 aliphatic rings. The van der Waals surface area contributed by atoms with Crippen LogP contribution in [0.4, 0.5) is 5.69 Å². The minimum Gasteiger partial charge on any atom is -0.317 e. The summed E-state index contributed by atoms with van der Waals surface area (Å²) in [4.78, 5) is 17.6. The zero-order valence-corrected chi connectivity index (χ0v) is 17.9. The van der Waals surface area contributed by atoms with Crippen molar-refractivity contribution in [3.05, 3.63) is 87.0 Å². The molecule has 0 radical (unpaired) electrons. The van der Waals surface area contributed by atoms with Crippen molar-refractivity contribution in [3.8, 4) is 5.69 Å². The third-order valence-corrected chi connectivity index (χ3v) is 6.18. The third kappa shape index (κ3) is 4.16. The fourth-order valence-corrected chi connectivity index (χ4v) is 4.01. The van der Waals surface area contributed by atoms with Gasteiger partial charge in [0.2, 0.25) is 0 Å². The van der Waals surface area contributed by atoms with Crippen LogP contribution in [0.15, 0.2) is 64.6 Å². The van der Waals surface area contributed by atoms with Crippen LogP contribution in [0.1, 0.15) is 22.4 Å². The average molecular weight is 422 g/mol. The second kappa shape index (κ2) is 7.93. The molecule has 0 unspecified atom stereocenters. The normalized spacial score (nSPS) is 16.6. The molecule has 0 bridgehead atoms. The van der Waals surface area contributed by atoms with Gasteiger partial charge in [0.25, 0.3) is 5.91 Å². The highest BCUT2D eigenvalue weighted by Crippen LogP contribution is 2.30. The lowest BCUT2D eigenvalue weighted by atomic mass is 10.1. The maximum Gasteiger partial charge on any atom is 0.264 e. The highest BCUT2D eigenvalue weighted by molar-refractivity contribution is 8.18. The molecule has 0 saturated carbocycles. The summed E-state index contributed by atoms with van der Waals surface area (Å²) in [5.41, 5.74) is 6.09. The molecule has 1 amide bonds. The summed E-state index contributed by atoms with van der Waals surface area (Å²) in [5, 5.41) is 4.15. The Morgan fingerprint density at radius 3 is 2.59 bits per heavy atom. The minimum absolute atomic E-state index is 0.146. The predicted octanol–water partition coefficient (Wildman–Crippen LogP) is 5.95. The van der Waals surface area contributed by atoms with Crippen molar-refractivity contribution in [3.63, 3.8) is 0 Å². The van der Waals surface area contributed by atoms with Crippen LogP contribution in [0.5, 0.6) is 0 Å². The minimum atomic E-state index is -0.146. The summed E-state index contributed by atoms with van der Waals surface area (Å²) in [6.45, 7) is 6.09. The molecule has 1 N–H and O–H groups in total. The standard InChI is InChI=1S/C23H20ClN3OS/c1-14-6-8-17(11-16(14)3)25-23-26-22(28)21(29-23)13-18-5-4-10-27(18)19-9-7-15(2)20(24)12-19/h4-13H,1-3H3,(H,25,26,28)/b21-13-. The molecule has 4 nitrogen and oxygen atoms in total. The molecule has 0 atom stereocenters. The molecule has 6 heteroatoms. The molecule has 1 saturated heterocycles. The van der Waals surface area contributed by atoms with E-state index in [-0.39, 0.29) is 5.91 Å². The topological polar surface area (TPSA) is 46.4 Å². The number of nitrogens with one attached hydrogen (secondary N) is 1. The van der Waals surface area contributed by atoms with Gasteiger partial charge < -0.3 is 9.88 Å². The molecule has 3 aromatic rings. The van der Waals surface area contributed by atoms with Crippen molar-refractivity contribution in [2.24, 2.45) is 4.99 Å². The zero-order valence-electron chi connectivity index (χ0n) is 16.4. The lowest BCUT2D eigenvalue weighted by Gasteiger charge is -2.08. The number of nitrogens with zero attached hydrogens (tertiary/aromatic N) is 2. The highest BCUT2D eigenvalue weighted by atomic mass is 35.5. The molecule has 4 rings (SSSR count). The average Bonchev–Trinajstić information content (AvgIpc) is 3.27. The van der Waals surface area contributed by atoms with E-state index in [1.165, 1.54) is 22.9 Å². The number of carbonyl (C=O) groups is 1. The summed E-state index contributed by atoms with van der Waals surface area (Å²) in [7, 11) is 0. The molecular formula is C23H20ClN3OS. The van der Waals surface area contributed by atoms with Gasteiger partial charge in [-0.1, -0.05) is 23.7 Å². The quantitative estimate of drug-likeness (QED) is 0.531. The molecule has 29 heavy (non-hydrogen) atoms. The van der Waals surface area contributed by atoms with E-state index in [9.17, 15) is 4.79 Å². The van der Waals surface area contributed by atoms with Crippen LogP contribution in [-0.4, -0.2) is 15.6 Å². The molecule has 146 valence electrons. The first-order valence-electron chi connectivity index (χ1n) is 9.21. The first-order valence-corrected chi connectivity index (χ1v) is 10.4. The van der Waals surface area contributed by atoms with Crippen molar-refractivity contribution in [1.29, 1.82) is 0 Å². The molecule has 1 aromatic heterocycles. The van der Waals surface area contributed by atoms with Crippen molar-refractivity contribution in [1.82, 2.24) is 9.88 Å².